The second-order valence-electron chi connectivity index (χ2n) is 4.61. The number of nitrogens with one attached hydrogen (secondary N) is 2. The number of furan rings is 1. The predicted molar refractivity (Wildman–Crippen MR) is 76.5 cm³/mol. The van der Waals surface area contributed by atoms with Crippen molar-refractivity contribution in [2.45, 2.75) is 13.0 Å². The van der Waals surface area contributed by atoms with E-state index in [1.807, 2.05) is 13.0 Å². The molecule has 6 nitrogen and oxygen atoms in total. The van der Waals surface area contributed by atoms with Gasteiger partial charge in [-0.15, -0.1) is 0 Å². The van der Waals surface area contributed by atoms with Crippen molar-refractivity contribution < 1.29 is 19.1 Å². The fourth-order valence-electron chi connectivity index (χ4n) is 1.76. The summed E-state index contributed by atoms with van der Waals surface area (Å²) in [5, 5.41) is 14.6. The molecule has 0 aliphatic carbocycles. The van der Waals surface area contributed by atoms with Crippen LogP contribution < -0.4 is 10.6 Å². The van der Waals surface area contributed by atoms with Gasteiger partial charge in [-0.25, -0.2) is 0 Å². The van der Waals surface area contributed by atoms with E-state index >= 15 is 0 Å². The van der Waals surface area contributed by atoms with Crippen molar-refractivity contribution in [3.05, 3.63) is 54.0 Å². The summed E-state index contributed by atoms with van der Waals surface area (Å²) < 4.78 is 4.83. The minimum absolute atomic E-state index is 0.0698. The molecule has 0 spiro atoms. The average molecular weight is 288 g/mol. The molecule has 1 aromatic carbocycles. The molecule has 1 aromatic heterocycles. The van der Waals surface area contributed by atoms with Crippen molar-refractivity contribution >= 4 is 17.5 Å². The van der Waals surface area contributed by atoms with Crippen LogP contribution in [0.1, 0.15) is 17.2 Å². The SMILES string of the molecule is Cc1cccc(NC(=O)C(=O)NCC(O)c2ccoc2)c1. The monoisotopic (exact) mass is 288 g/mol. The Bertz CT molecular complexity index is 622. The number of benzene rings is 1. The van der Waals surface area contributed by atoms with E-state index in [0.29, 0.717) is 11.3 Å². The maximum Gasteiger partial charge on any atom is 0.313 e. The maximum absolute atomic E-state index is 11.7. The van der Waals surface area contributed by atoms with Crippen LogP contribution >= 0.6 is 0 Å². The summed E-state index contributed by atoms with van der Waals surface area (Å²) in [5.74, 6) is -1.58. The van der Waals surface area contributed by atoms with Gasteiger partial charge in [-0.05, 0) is 30.7 Å². The molecule has 0 aliphatic rings. The van der Waals surface area contributed by atoms with Crippen LogP contribution in [-0.4, -0.2) is 23.5 Å². The van der Waals surface area contributed by atoms with E-state index in [4.69, 9.17) is 4.42 Å². The molecule has 2 aromatic rings. The van der Waals surface area contributed by atoms with E-state index in [0.717, 1.165) is 5.56 Å². The quantitative estimate of drug-likeness (QED) is 0.741. The molecule has 0 fully saturated rings. The van der Waals surface area contributed by atoms with E-state index in [1.54, 1.807) is 24.3 Å². The summed E-state index contributed by atoms with van der Waals surface area (Å²) in [7, 11) is 0. The van der Waals surface area contributed by atoms with Crippen molar-refractivity contribution in [2.24, 2.45) is 0 Å². The summed E-state index contributed by atoms with van der Waals surface area (Å²) in [4.78, 5) is 23.3. The van der Waals surface area contributed by atoms with Crippen LogP contribution in [0, 0.1) is 6.92 Å². The van der Waals surface area contributed by atoms with Gasteiger partial charge in [-0.3, -0.25) is 9.59 Å². The van der Waals surface area contributed by atoms with Crippen molar-refractivity contribution in [2.75, 3.05) is 11.9 Å². The first-order valence-electron chi connectivity index (χ1n) is 6.42. The lowest BCUT2D eigenvalue weighted by Gasteiger charge is -2.10. The Morgan fingerprint density at radius 3 is 2.76 bits per heavy atom. The molecular formula is C15H16N2O4. The first-order valence-corrected chi connectivity index (χ1v) is 6.42. The Morgan fingerprint density at radius 1 is 1.29 bits per heavy atom. The number of carbonyl (C=O) groups is 2. The Hall–Kier alpha value is -2.60. The van der Waals surface area contributed by atoms with Crippen LogP contribution in [0.3, 0.4) is 0 Å². The number of rotatable bonds is 4. The van der Waals surface area contributed by atoms with Crippen LogP contribution in [0.2, 0.25) is 0 Å². The normalized spacial score (nSPS) is 11.7. The first kappa shape index (κ1) is 14.8. The highest BCUT2D eigenvalue weighted by Gasteiger charge is 2.16. The molecule has 1 heterocycles. The predicted octanol–water partition coefficient (Wildman–Crippen LogP) is 1.38. The number of aryl methyl sites for hydroxylation is 1. The van der Waals surface area contributed by atoms with E-state index < -0.39 is 17.9 Å². The smallest absolute Gasteiger partial charge is 0.313 e. The molecule has 110 valence electrons. The standard InChI is InChI=1S/C15H16N2O4/c1-10-3-2-4-12(7-10)17-15(20)14(19)16-8-13(18)11-5-6-21-9-11/h2-7,9,13,18H,8H2,1H3,(H,16,19)(H,17,20). The molecule has 21 heavy (non-hydrogen) atoms. The number of anilines is 1. The Kier molecular flexibility index (Phi) is 4.73. The number of hydrogen-bond acceptors (Lipinski definition) is 4. The van der Waals surface area contributed by atoms with E-state index in [2.05, 4.69) is 10.6 Å². The lowest BCUT2D eigenvalue weighted by molar-refractivity contribution is -0.136. The average Bonchev–Trinajstić information content (AvgIpc) is 2.98. The van der Waals surface area contributed by atoms with Gasteiger partial charge in [0.1, 0.15) is 0 Å². The van der Waals surface area contributed by atoms with Crippen LogP contribution in [0.15, 0.2) is 47.3 Å². The van der Waals surface area contributed by atoms with E-state index in [9.17, 15) is 14.7 Å². The fourth-order valence-corrected chi connectivity index (χ4v) is 1.76. The molecule has 0 aliphatic heterocycles. The minimum atomic E-state index is -0.917. The molecular weight excluding hydrogens is 272 g/mol. The number of carbonyl (C=O) groups excluding carboxylic acids is 2. The molecule has 6 heteroatoms. The zero-order chi connectivity index (χ0) is 15.2. The lowest BCUT2D eigenvalue weighted by Crippen LogP contribution is -2.37. The van der Waals surface area contributed by atoms with E-state index in [1.165, 1.54) is 12.5 Å². The third kappa shape index (κ3) is 4.19. The van der Waals surface area contributed by atoms with Gasteiger partial charge in [0.25, 0.3) is 0 Å². The molecule has 0 saturated heterocycles. The van der Waals surface area contributed by atoms with Gasteiger partial charge in [0, 0.05) is 17.8 Å². The van der Waals surface area contributed by atoms with Crippen LogP contribution in [0.4, 0.5) is 5.69 Å². The third-order valence-corrected chi connectivity index (χ3v) is 2.87. The highest BCUT2D eigenvalue weighted by atomic mass is 16.3. The fraction of sp³-hybridized carbons (Fsp3) is 0.200. The summed E-state index contributed by atoms with van der Waals surface area (Å²) in [6.07, 6.45) is 1.88. The van der Waals surface area contributed by atoms with Gasteiger partial charge in [0.2, 0.25) is 0 Å². The number of hydrogen-bond donors (Lipinski definition) is 3. The lowest BCUT2D eigenvalue weighted by atomic mass is 10.2. The Morgan fingerprint density at radius 2 is 2.10 bits per heavy atom. The summed E-state index contributed by atoms with van der Waals surface area (Å²) in [6.45, 7) is 1.82. The number of aliphatic hydroxyl groups is 1. The maximum atomic E-state index is 11.7. The molecule has 0 bridgehead atoms. The van der Waals surface area contributed by atoms with Gasteiger partial charge >= 0.3 is 11.8 Å². The molecule has 3 N–H and O–H groups in total. The Labute approximate surface area is 121 Å². The molecule has 1 atom stereocenters. The summed E-state index contributed by atoms with van der Waals surface area (Å²) in [6, 6.07) is 8.70. The highest BCUT2D eigenvalue weighted by molar-refractivity contribution is 6.39. The zero-order valence-corrected chi connectivity index (χ0v) is 11.5. The molecule has 2 rings (SSSR count). The van der Waals surface area contributed by atoms with Gasteiger partial charge in [-0.1, -0.05) is 12.1 Å². The largest absolute Gasteiger partial charge is 0.472 e. The summed E-state index contributed by atoms with van der Waals surface area (Å²) >= 11 is 0. The van der Waals surface area contributed by atoms with Gasteiger partial charge in [0.05, 0.1) is 18.6 Å². The zero-order valence-electron chi connectivity index (χ0n) is 11.5. The number of aliphatic hydroxyl groups excluding tert-OH is 1. The second kappa shape index (κ2) is 6.71. The highest BCUT2D eigenvalue weighted by Crippen LogP contribution is 2.12. The van der Waals surface area contributed by atoms with Crippen LogP contribution in [-0.2, 0) is 9.59 Å². The van der Waals surface area contributed by atoms with Crippen molar-refractivity contribution in [3.8, 4) is 0 Å². The minimum Gasteiger partial charge on any atom is -0.472 e. The van der Waals surface area contributed by atoms with Gasteiger partial charge in [-0.2, -0.15) is 0 Å². The van der Waals surface area contributed by atoms with Gasteiger partial charge in [0.15, 0.2) is 0 Å². The molecule has 2 amide bonds. The first-order chi connectivity index (χ1) is 10.1. The van der Waals surface area contributed by atoms with Crippen molar-refractivity contribution in [3.63, 3.8) is 0 Å². The van der Waals surface area contributed by atoms with Crippen LogP contribution in [0.5, 0.6) is 0 Å². The molecule has 0 saturated carbocycles. The van der Waals surface area contributed by atoms with Crippen molar-refractivity contribution in [1.29, 1.82) is 0 Å². The molecule has 0 radical (unpaired) electrons. The second-order valence-corrected chi connectivity index (χ2v) is 4.61. The van der Waals surface area contributed by atoms with Gasteiger partial charge < -0.3 is 20.2 Å². The summed E-state index contributed by atoms with van der Waals surface area (Å²) in [5.41, 5.74) is 2.06. The molecule has 1 unspecified atom stereocenters. The van der Waals surface area contributed by atoms with Crippen molar-refractivity contribution in [1.82, 2.24) is 5.32 Å². The topological polar surface area (TPSA) is 91.6 Å². The van der Waals surface area contributed by atoms with E-state index in [-0.39, 0.29) is 6.54 Å². The Balaban J connectivity index is 1.84. The number of amides is 2. The third-order valence-electron chi connectivity index (χ3n) is 2.87. The van der Waals surface area contributed by atoms with Crippen LogP contribution in [0.25, 0.3) is 0 Å².